The van der Waals surface area contributed by atoms with Crippen LogP contribution in [-0.2, 0) is 14.3 Å². The average molecular weight is 574 g/mol. The Labute approximate surface area is 237 Å². The van der Waals surface area contributed by atoms with Crippen LogP contribution in [0.5, 0.6) is 0 Å². The third-order valence-electron chi connectivity index (χ3n) is 6.68. The number of rotatable bonds is 7. The van der Waals surface area contributed by atoms with Gasteiger partial charge in [0, 0.05) is 18.3 Å². The Morgan fingerprint density at radius 2 is 1.90 bits per heavy atom. The number of carbonyl (C=O) groups excluding carboxylic acids is 3. The molecule has 0 saturated carbocycles. The number of ether oxygens (including phenoxy) is 1. The first kappa shape index (κ1) is 27.4. The van der Waals surface area contributed by atoms with Gasteiger partial charge in [-0.05, 0) is 50.1 Å². The van der Waals surface area contributed by atoms with Crippen molar-refractivity contribution in [2.24, 2.45) is 0 Å². The van der Waals surface area contributed by atoms with E-state index in [9.17, 15) is 29.6 Å². The number of nitro groups is 1. The quantitative estimate of drug-likeness (QED) is 0.0635. The molecule has 3 aromatic heterocycles. The number of hydrogen-bond donors (Lipinski definition) is 1. The summed E-state index contributed by atoms with van der Waals surface area (Å²) in [5.41, 5.74) is 2.14. The van der Waals surface area contributed by atoms with Gasteiger partial charge in [0.2, 0.25) is 0 Å². The third kappa shape index (κ3) is 4.55. The highest BCUT2D eigenvalue weighted by atomic mass is 32.1. The molecule has 13 heteroatoms. The van der Waals surface area contributed by atoms with Crippen LogP contribution < -0.4 is 4.90 Å². The molecule has 12 nitrogen and oxygen atoms in total. The van der Waals surface area contributed by atoms with E-state index < -0.39 is 34.4 Å². The van der Waals surface area contributed by atoms with Crippen molar-refractivity contribution in [2.45, 2.75) is 26.8 Å². The van der Waals surface area contributed by atoms with Crippen LogP contribution in [0.25, 0.3) is 11.4 Å². The summed E-state index contributed by atoms with van der Waals surface area (Å²) in [6.45, 7) is 8.61. The number of fused-ring (bicyclic) bond motifs is 1. The Hall–Kier alpha value is -5.17. The number of aliphatic hydroxyl groups excluding tert-OH is 1. The lowest BCUT2D eigenvalue weighted by Crippen LogP contribution is -2.29. The number of pyridine rings is 1. The summed E-state index contributed by atoms with van der Waals surface area (Å²) in [4.78, 5) is 60.5. The molecule has 208 valence electrons. The summed E-state index contributed by atoms with van der Waals surface area (Å²) < 4.78 is 6.87. The first-order chi connectivity index (χ1) is 19.5. The normalized spacial score (nSPS) is 16.4. The molecule has 5 rings (SSSR count). The molecule has 1 saturated heterocycles. The molecule has 1 aromatic carbocycles. The summed E-state index contributed by atoms with van der Waals surface area (Å²) in [7, 11) is 0. The molecule has 4 aromatic rings. The molecule has 1 amide bonds. The summed E-state index contributed by atoms with van der Waals surface area (Å²) in [6.07, 6.45) is 3.17. The molecule has 41 heavy (non-hydrogen) atoms. The van der Waals surface area contributed by atoms with Crippen molar-refractivity contribution in [3.63, 3.8) is 0 Å². The lowest BCUT2D eigenvalue weighted by atomic mass is 9.96. The number of hydrogen-bond acceptors (Lipinski definition) is 10. The van der Waals surface area contributed by atoms with E-state index in [4.69, 9.17) is 4.74 Å². The van der Waals surface area contributed by atoms with Gasteiger partial charge in [0.15, 0.2) is 10.9 Å². The molecule has 1 unspecified atom stereocenters. The van der Waals surface area contributed by atoms with Crippen LogP contribution in [-0.4, -0.2) is 48.7 Å². The Morgan fingerprint density at radius 1 is 1.20 bits per heavy atom. The third-order valence-corrected chi connectivity index (χ3v) is 7.82. The van der Waals surface area contributed by atoms with Crippen molar-refractivity contribution in [2.75, 3.05) is 11.5 Å². The highest BCUT2D eigenvalue weighted by Gasteiger charge is 2.49. The van der Waals surface area contributed by atoms with E-state index in [1.54, 1.807) is 24.4 Å². The van der Waals surface area contributed by atoms with Crippen molar-refractivity contribution in [1.82, 2.24) is 14.4 Å². The predicted molar refractivity (Wildman–Crippen MR) is 150 cm³/mol. The smallest absolute Gasteiger partial charge is 0.350 e. The molecule has 1 N–H and O–H groups in total. The molecule has 0 spiro atoms. The SMILES string of the molecule is C=CCOC(=O)c1sc(N2C(=O)C(=O)C(=C(O)c3nc4c(C)cccn4c3C)C2c2ccc([N+](=O)[O-])cc2)nc1C. The summed E-state index contributed by atoms with van der Waals surface area (Å²) >= 11 is 0.847. The lowest BCUT2D eigenvalue weighted by molar-refractivity contribution is -0.384. The topological polar surface area (TPSA) is 157 Å². The lowest BCUT2D eigenvalue weighted by Gasteiger charge is -2.22. The zero-order valence-corrected chi connectivity index (χ0v) is 23.0. The number of nitro benzene ring substituents is 1. The molecule has 1 aliphatic rings. The number of Topliss-reactive ketones (excluding diaryl/α,β-unsaturated/α-hetero) is 1. The summed E-state index contributed by atoms with van der Waals surface area (Å²) in [5.74, 6) is -3.17. The van der Waals surface area contributed by atoms with E-state index in [0.717, 1.165) is 21.8 Å². The van der Waals surface area contributed by atoms with Crippen LogP contribution in [0.4, 0.5) is 10.8 Å². The van der Waals surface area contributed by atoms with E-state index in [0.29, 0.717) is 16.9 Å². The van der Waals surface area contributed by atoms with E-state index in [1.165, 1.54) is 30.3 Å². The number of aliphatic hydroxyl groups is 1. The van der Waals surface area contributed by atoms with Crippen molar-refractivity contribution in [1.29, 1.82) is 0 Å². The van der Waals surface area contributed by atoms with Gasteiger partial charge in [0.1, 0.15) is 22.8 Å². The largest absolute Gasteiger partial charge is 0.505 e. The second kappa shape index (κ2) is 10.4. The first-order valence-corrected chi connectivity index (χ1v) is 13.1. The van der Waals surface area contributed by atoms with Crippen molar-refractivity contribution >= 4 is 51.2 Å². The van der Waals surface area contributed by atoms with Crippen molar-refractivity contribution in [3.05, 3.63) is 104 Å². The summed E-state index contributed by atoms with van der Waals surface area (Å²) in [5, 5.41) is 22.9. The maximum atomic E-state index is 13.5. The molecular formula is C28H23N5O7S. The van der Waals surface area contributed by atoms with Crippen LogP contribution >= 0.6 is 11.3 Å². The number of carbonyl (C=O) groups is 3. The fourth-order valence-corrected chi connectivity index (χ4v) is 5.66. The number of ketones is 1. The van der Waals surface area contributed by atoms with E-state index >= 15 is 0 Å². The average Bonchev–Trinajstić information content (AvgIpc) is 3.59. The molecule has 1 atom stereocenters. The molecular weight excluding hydrogens is 550 g/mol. The van der Waals surface area contributed by atoms with E-state index in [-0.39, 0.29) is 39.3 Å². The number of imidazole rings is 1. The number of nitrogens with zero attached hydrogens (tertiary/aromatic N) is 5. The summed E-state index contributed by atoms with van der Waals surface area (Å²) in [6, 6.07) is 7.72. The van der Waals surface area contributed by atoms with Gasteiger partial charge in [0.25, 0.3) is 11.5 Å². The molecule has 0 aliphatic carbocycles. The number of aromatic nitrogens is 3. The minimum absolute atomic E-state index is 0.0140. The number of non-ortho nitro benzene ring substituents is 1. The van der Waals surface area contributed by atoms with Crippen LogP contribution in [0.2, 0.25) is 0 Å². The maximum Gasteiger partial charge on any atom is 0.350 e. The fourth-order valence-electron chi connectivity index (χ4n) is 4.67. The Bertz CT molecular complexity index is 1800. The molecule has 0 bridgehead atoms. The fraction of sp³-hybridized carbons (Fsp3) is 0.179. The van der Waals surface area contributed by atoms with Crippen LogP contribution in [0.15, 0.2) is 60.8 Å². The number of thiazole rings is 1. The van der Waals surface area contributed by atoms with Crippen LogP contribution in [0, 0.1) is 30.9 Å². The van der Waals surface area contributed by atoms with Gasteiger partial charge in [0.05, 0.1) is 27.9 Å². The second-order valence-electron chi connectivity index (χ2n) is 9.25. The number of amides is 1. The Morgan fingerprint density at radius 3 is 2.54 bits per heavy atom. The first-order valence-electron chi connectivity index (χ1n) is 12.3. The Balaban J connectivity index is 1.71. The van der Waals surface area contributed by atoms with Gasteiger partial charge in [-0.25, -0.2) is 14.8 Å². The second-order valence-corrected chi connectivity index (χ2v) is 10.2. The molecule has 4 heterocycles. The number of benzene rings is 1. The van der Waals surface area contributed by atoms with Gasteiger partial charge in [-0.1, -0.05) is 30.1 Å². The number of aryl methyl sites for hydroxylation is 3. The van der Waals surface area contributed by atoms with Gasteiger partial charge in [-0.15, -0.1) is 0 Å². The van der Waals surface area contributed by atoms with E-state index in [2.05, 4.69) is 16.5 Å². The van der Waals surface area contributed by atoms with Gasteiger partial charge < -0.3 is 14.2 Å². The minimum Gasteiger partial charge on any atom is -0.505 e. The van der Waals surface area contributed by atoms with Gasteiger partial charge >= 0.3 is 11.9 Å². The highest BCUT2D eigenvalue weighted by molar-refractivity contribution is 7.17. The van der Waals surface area contributed by atoms with E-state index in [1.807, 2.05) is 19.1 Å². The van der Waals surface area contributed by atoms with Crippen LogP contribution in [0.3, 0.4) is 0 Å². The zero-order chi connectivity index (χ0) is 29.6. The van der Waals surface area contributed by atoms with Crippen molar-refractivity contribution in [3.8, 4) is 0 Å². The highest BCUT2D eigenvalue weighted by Crippen LogP contribution is 2.44. The molecule has 1 aliphatic heterocycles. The monoisotopic (exact) mass is 573 g/mol. The maximum absolute atomic E-state index is 13.5. The van der Waals surface area contributed by atoms with Gasteiger partial charge in [-0.2, -0.15) is 0 Å². The predicted octanol–water partition coefficient (Wildman–Crippen LogP) is 4.59. The standard InChI is InChI=1S/C28H23N5O7S/c1-5-13-40-27(37)24-15(3)29-28(41-24)32-21(17-8-10-18(11-9-17)33(38)39)19(23(35)26(32)36)22(34)20-16(4)31-12-6-7-14(2)25(31)30-20/h5-12,21,34H,1,13H2,2-4H3. The van der Waals surface area contributed by atoms with Gasteiger partial charge in [-0.3, -0.25) is 24.6 Å². The zero-order valence-electron chi connectivity index (χ0n) is 22.2. The van der Waals surface area contributed by atoms with Crippen molar-refractivity contribution < 1.29 is 29.2 Å². The van der Waals surface area contributed by atoms with Crippen LogP contribution in [0.1, 0.15) is 43.9 Å². The Kier molecular flexibility index (Phi) is 6.97. The minimum atomic E-state index is -1.22. The molecule has 0 radical (unpaired) electrons. The number of esters is 1. The number of anilines is 1. The molecule has 1 fully saturated rings.